The number of anilines is 2. The van der Waals surface area contributed by atoms with E-state index in [-0.39, 0.29) is 12.3 Å². The Kier molecular flexibility index (Phi) is 4.35. The van der Waals surface area contributed by atoms with Crippen LogP contribution in [0.3, 0.4) is 0 Å². The van der Waals surface area contributed by atoms with E-state index in [1.165, 1.54) is 0 Å². The van der Waals surface area contributed by atoms with Gasteiger partial charge in [0.25, 0.3) is 0 Å². The fourth-order valence-electron chi connectivity index (χ4n) is 3.23. The first-order valence-electron chi connectivity index (χ1n) is 8.35. The third-order valence-electron chi connectivity index (χ3n) is 4.94. The van der Waals surface area contributed by atoms with Gasteiger partial charge in [0.05, 0.1) is 5.60 Å². The number of amides is 2. The number of carbonyl (C=O) groups excluding carboxylic acids is 2. The van der Waals surface area contributed by atoms with Crippen LogP contribution in [0.25, 0.3) is 0 Å². The van der Waals surface area contributed by atoms with Crippen molar-refractivity contribution < 1.29 is 14.7 Å². The Morgan fingerprint density at radius 1 is 0.880 bits per heavy atom. The van der Waals surface area contributed by atoms with Gasteiger partial charge in [0.2, 0.25) is 11.8 Å². The normalized spacial score (nSPS) is 20.8. The predicted octanol–water partition coefficient (Wildman–Crippen LogP) is 3.04. The Morgan fingerprint density at radius 2 is 1.28 bits per heavy atom. The topological polar surface area (TPSA) is 78.4 Å². The smallest absolute Gasteiger partial charge is 0.243 e. The molecular formula is C20H22N2O3. The number of hydrogen-bond acceptors (Lipinski definition) is 3. The SMILES string of the molecule is CC(C)C1(O)CC1(C(=O)Nc1ccccc1)C(=O)Nc1ccccc1. The number of benzene rings is 2. The van der Waals surface area contributed by atoms with E-state index in [0.29, 0.717) is 11.4 Å². The van der Waals surface area contributed by atoms with Gasteiger partial charge in [-0.2, -0.15) is 0 Å². The zero-order valence-electron chi connectivity index (χ0n) is 14.3. The van der Waals surface area contributed by atoms with Crippen molar-refractivity contribution in [2.45, 2.75) is 25.9 Å². The van der Waals surface area contributed by atoms with E-state index >= 15 is 0 Å². The van der Waals surface area contributed by atoms with Crippen LogP contribution in [0.1, 0.15) is 20.3 Å². The first-order valence-corrected chi connectivity index (χ1v) is 8.35. The molecule has 1 atom stereocenters. The Labute approximate surface area is 147 Å². The summed E-state index contributed by atoms with van der Waals surface area (Å²) in [5, 5.41) is 16.4. The van der Waals surface area contributed by atoms with Gasteiger partial charge >= 0.3 is 0 Å². The van der Waals surface area contributed by atoms with Crippen molar-refractivity contribution in [3.63, 3.8) is 0 Å². The third kappa shape index (κ3) is 2.91. The number of para-hydroxylation sites is 2. The second-order valence-electron chi connectivity index (χ2n) is 6.80. The summed E-state index contributed by atoms with van der Waals surface area (Å²) in [4.78, 5) is 25.8. The minimum absolute atomic E-state index is 0.106. The Hall–Kier alpha value is -2.66. The van der Waals surface area contributed by atoms with Crippen molar-refractivity contribution in [3.8, 4) is 0 Å². The largest absolute Gasteiger partial charge is 0.388 e. The maximum atomic E-state index is 12.9. The van der Waals surface area contributed by atoms with Crippen molar-refractivity contribution in [2.24, 2.45) is 11.3 Å². The van der Waals surface area contributed by atoms with Crippen molar-refractivity contribution in [3.05, 3.63) is 60.7 Å². The molecule has 1 aliphatic rings. The first kappa shape index (κ1) is 17.2. The molecule has 1 fully saturated rings. The van der Waals surface area contributed by atoms with Gasteiger partial charge in [0.1, 0.15) is 0 Å². The van der Waals surface area contributed by atoms with E-state index in [1.54, 1.807) is 48.5 Å². The van der Waals surface area contributed by atoms with Gasteiger partial charge in [-0.25, -0.2) is 0 Å². The molecule has 25 heavy (non-hydrogen) atoms. The Bertz CT molecular complexity index is 721. The maximum Gasteiger partial charge on any atom is 0.243 e. The Balaban J connectivity index is 1.87. The molecule has 0 aliphatic heterocycles. The van der Waals surface area contributed by atoms with Crippen LogP contribution in [-0.2, 0) is 9.59 Å². The van der Waals surface area contributed by atoms with Crippen molar-refractivity contribution >= 4 is 23.2 Å². The standard InChI is InChI=1S/C20H22N2O3/c1-14(2)20(25)13-19(20,17(23)21-15-9-5-3-6-10-15)18(24)22-16-11-7-4-8-12-16/h3-12,14,25H,13H2,1-2H3,(H,21,23)(H,22,24). The zero-order chi connectivity index (χ0) is 18.1. The summed E-state index contributed by atoms with van der Waals surface area (Å²) in [5.74, 6) is -1.19. The molecule has 0 radical (unpaired) electrons. The van der Waals surface area contributed by atoms with Gasteiger partial charge < -0.3 is 15.7 Å². The second kappa shape index (κ2) is 6.33. The van der Waals surface area contributed by atoms with E-state index in [0.717, 1.165) is 0 Å². The Morgan fingerprint density at radius 3 is 1.60 bits per heavy atom. The first-order chi connectivity index (χ1) is 11.9. The molecule has 1 aliphatic carbocycles. The summed E-state index contributed by atoms with van der Waals surface area (Å²) in [6.07, 6.45) is 0.106. The molecule has 0 aromatic heterocycles. The third-order valence-corrected chi connectivity index (χ3v) is 4.94. The number of rotatable bonds is 5. The lowest BCUT2D eigenvalue weighted by molar-refractivity contribution is -0.135. The lowest BCUT2D eigenvalue weighted by atomic mass is 9.91. The summed E-state index contributed by atoms with van der Waals surface area (Å²) in [6.45, 7) is 3.63. The number of nitrogens with one attached hydrogen (secondary N) is 2. The summed E-state index contributed by atoms with van der Waals surface area (Å²) in [7, 11) is 0. The summed E-state index contributed by atoms with van der Waals surface area (Å²) in [5.41, 5.74) is -1.66. The molecule has 2 aromatic carbocycles. The summed E-state index contributed by atoms with van der Waals surface area (Å²) >= 11 is 0. The fourth-order valence-corrected chi connectivity index (χ4v) is 3.23. The zero-order valence-corrected chi connectivity index (χ0v) is 14.3. The average molecular weight is 338 g/mol. The average Bonchev–Trinajstić information content (AvgIpc) is 3.26. The van der Waals surface area contributed by atoms with Gasteiger partial charge in [0.15, 0.2) is 5.41 Å². The molecule has 130 valence electrons. The molecule has 3 rings (SSSR count). The van der Waals surface area contributed by atoms with Crippen LogP contribution in [0.4, 0.5) is 11.4 Å². The van der Waals surface area contributed by atoms with Gasteiger partial charge in [-0.05, 0) is 30.2 Å². The minimum Gasteiger partial charge on any atom is -0.388 e. The van der Waals surface area contributed by atoms with Gasteiger partial charge in [0, 0.05) is 17.8 Å². The van der Waals surface area contributed by atoms with E-state index in [1.807, 2.05) is 26.0 Å². The molecule has 3 N–H and O–H groups in total. The molecule has 5 nitrogen and oxygen atoms in total. The highest BCUT2D eigenvalue weighted by atomic mass is 16.3. The lowest BCUT2D eigenvalue weighted by Crippen LogP contribution is -2.44. The molecule has 0 heterocycles. The summed E-state index contributed by atoms with van der Waals surface area (Å²) < 4.78 is 0. The van der Waals surface area contributed by atoms with Gasteiger partial charge in [-0.1, -0.05) is 50.2 Å². The van der Waals surface area contributed by atoms with Gasteiger partial charge in [-0.15, -0.1) is 0 Å². The predicted molar refractivity (Wildman–Crippen MR) is 97.0 cm³/mol. The minimum atomic E-state index is -1.49. The van der Waals surface area contributed by atoms with Crippen molar-refractivity contribution in [1.82, 2.24) is 0 Å². The molecule has 1 saturated carbocycles. The molecule has 2 aromatic rings. The second-order valence-corrected chi connectivity index (χ2v) is 6.80. The molecule has 0 saturated heterocycles. The van der Waals surface area contributed by atoms with Crippen LogP contribution >= 0.6 is 0 Å². The number of aliphatic hydroxyl groups is 1. The van der Waals surface area contributed by atoms with Crippen molar-refractivity contribution in [1.29, 1.82) is 0 Å². The molecule has 2 amide bonds. The van der Waals surface area contributed by atoms with Crippen molar-refractivity contribution in [2.75, 3.05) is 10.6 Å². The number of hydrogen-bond donors (Lipinski definition) is 3. The van der Waals surface area contributed by atoms with Crippen LogP contribution in [0.15, 0.2) is 60.7 Å². The van der Waals surface area contributed by atoms with Crippen LogP contribution in [0.2, 0.25) is 0 Å². The monoisotopic (exact) mass is 338 g/mol. The number of carbonyl (C=O) groups is 2. The highest BCUT2D eigenvalue weighted by Gasteiger charge is 2.77. The van der Waals surface area contributed by atoms with E-state index in [9.17, 15) is 14.7 Å². The van der Waals surface area contributed by atoms with Crippen LogP contribution in [0.5, 0.6) is 0 Å². The quantitative estimate of drug-likeness (QED) is 0.733. The highest BCUT2D eigenvalue weighted by molar-refractivity contribution is 6.18. The molecule has 0 spiro atoms. The van der Waals surface area contributed by atoms with Crippen LogP contribution in [-0.4, -0.2) is 22.5 Å². The summed E-state index contributed by atoms with van der Waals surface area (Å²) in [6, 6.07) is 17.9. The van der Waals surface area contributed by atoms with Crippen LogP contribution < -0.4 is 10.6 Å². The fraction of sp³-hybridized carbons (Fsp3) is 0.300. The van der Waals surface area contributed by atoms with E-state index < -0.39 is 22.8 Å². The molecular weight excluding hydrogens is 316 g/mol. The molecule has 0 bridgehead atoms. The van der Waals surface area contributed by atoms with Gasteiger partial charge in [-0.3, -0.25) is 9.59 Å². The van der Waals surface area contributed by atoms with E-state index in [2.05, 4.69) is 10.6 Å². The maximum absolute atomic E-state index is 12.9. The lowest BCUT2D eigenvalue weighted by Gasteiger charge is -2.23. The highest BCUT2D eigenvalue weighted by Crippen LogP contribution is 2.61. The molecule has 5 heteroatoms. The van der Waals surface area contributed by atoms with Crippen LogP contribution in [0, 0.1) is 11.3 Å². The molecule has 1 unspecified atom stereocenters. The van der Waals surface area contributed by atoms with E-state index in [4.69, 9.17) is 0 Å².